The first kappa shape index (κ1) is 12.5. The van der Waals surface area contributed by atoms with Crippen LogP contribution < -0.4 is 5.73 Å². The summed E-state index contributed by atoms with van der Waals surface area (Å²) in [5.74, 6) is 0. The molecule has 4 rings (SSSR count). The Labute approximate surface area is 126 Å². The topological polar surface area (TPSA) is 38.9 Å². The first-order valence-electron chi connectivity index (χ1n) is 6.89. The number of hydrogen-bond donors (Lipinski definition) is 1. The number of rotatable bonds is 2. The van der Waals surface area contributed by atoms with Crippen LogP contribution in [-0.4, -0.2) is 4.98 Å². The largest absolute Gasteiger partial charge is 0.320 e. The average molecular weight is 290 g/mol. The molecule has 0 amide bonds. The minimum absolute atomic E-state index is 0.114. The molecule has 0 saturated heterocycles. The summed E-state index contributed by atoms with van der Waals surface area (Å²) in [4.78, 5) is 4.36. The van der Waals surface area contributed by atoms with E-state index in [1.54, 1.807) is 11.3 Å². The van der Waals surface area contributed by atoms with Gasteiger partial charge in [0, 0.05) is 16.3 Å². The van der Waals surface area contributed by atoms with Crippen LogP contribution in [0.25, 0.3) is 21.0 Å². The van der Waals surface area contributed by atoms with E-state index in [0.29, 0.717) is 0 Å². The zero-order valence-electron chi connectivity index (χ0n) is 11.4. The van der Waals surface area contributed by atoms with Crippen LogP contribution in [0.15, 0.2) is 66.2 Å². The van der Waals surface area contributed by atoms with Crippen LogP contribution in [0.5, 0.6) is 0 Å². The Morgan fingerprint density at radius 2 is 1.86 bits per heavy atom. The van der Waals surface area contributed by atoms with Crippen molar-refractivity contribution in [2.45, 2.75) is 6.04 Å². The van der Waals surface area contributed by atoms with Crippen LogP contribution in [0, 0.1) is 0 Å². The van der Waals surface area contributed by atoms with Crippen molar-refractivity contribution in [3.8, 4) is 0 Å². The van der Waals surface area contributed by atoms with Crippen LogP contribution in [-0.2, 0) is 0 Å². The Morgan fingerprint density at radius 1 is 0.952 bits per heavy atom. The van der Waals surface area contributed by atoms with Gasteiger partial charge in [-0.15, -0.1) is 11.3 Å². The number of benzene rings is 2. The Balaban J connectivity index is 1.85. The summed E-state index contributed by atoms with van der Waals surface area (Å²) in [7, 11) is 0. The maximum Gasteiger partial charge on any atom is 0.0702 e. The van der Waals surface area contributed by atoms with Crippen molar-refractivity contribution < 1.29 is 0 Å². The fraction of sp³-hybridized carbons (Fsp3) is 0.0556. The van der Waals surface area contributed by atoms with Crippen LogP contribution >= 0.6 is 11.3 Å². The fourth-order valence-electron chi connectivity index (χ4n) is 2.73. The third kappa shape index (κ3) is 2.11. The number of pyridine rings is 1. The second-order valence-corrected chi connectivity index (χ2v) is 6.04. The molecule has 102 valence electrons. The minimum Gasteiger partial charge on any atom is -0.320 e. The Morgan fingerprint density at radius 3 is 2.81 bits per heavy atom. The lowest BCUT2D eigenvalue weighted by Gasteiger charge is -2.14. The number of thiophene rings is 1. The van der Waals surface area contributed by atoms with Gasteiger partial charge in [-0.2, -0.15) is 0 Å². The zero-order chi connectivity index (χ0) is 14.2. The van der Waals surface area contributed by atoms with Gasteiger partial charge in [0.05, 0.1) is 11.6 Å². The lowest BCUT2D eigenvalue weighted by molar-refractivity contribution is 0.884. The molecule has 4 aromatic rings. The van der Waals surface area contributed by atoms with E-state index in [-0.39, 0.29) is 6.04 Å². The van der Waals surface area contributed by atoms with Crippen molar-refractivity contribution in [1.82, 2.24) is 4.98 Å². The number of nitrogens with two attached hydrogens (primary N) is 1. The summed E-state index contributed by atoms with van der Waals surface area (Å²) in [5.41, 5.74) is 9.83. The Bertz CT molecular complexity index is 926. The summed E-state index contributed by atoms with van der Waals surface area (Å²) in [6.07, 6.45) is 1.81. The third-order valence-corrected chi connectivity index (χ3v) is 4.81. The number of hydrogen-bond acceptors (Lipinski definition) is 3. The molecule has 0 aliphatic rings. The third-order valence-electron chi connectivity index (χ3n) is 3.83. The summed E-state index contributed by atoms with van der Waals surface area (Å²) in [6.45, 7) is 0. The van der Waals surface area contributed by atoms with Crippen LogP contribution in [0.1, 0.15) is 17.2 Å². The van der Waals surface area contributed by atoms with E-state index in [1.165, 1.54) is 15.6 Å². The van der Waals surface area contributed by atoms with E-state index < -0.39 is 0 Å². The lowest BCUT2D eigenvalue weighted by atomic mass is 9.97. The molecule has 3 heteroatoms. The van der Waals surface area contributed by atoms with Crippen molar-refractivity contribution >= 4 is 32.3 Å². The van der Waals surface area contributed by atoms with Crippen LogP contribution in [0.3, 0.4) is 0 Å². The average Bonchev–Trinajstić information content (AvgIpc) is 3.02. The smallest absolute Gasteiger partial charge is 0.0702 e. The van der Waals surface area contributed by atoms with Gasteiger partial charge in [-0.05, 0) is 46.2 Å². The van der Waals surface area contributed by atoms with Gasteiger partial charge in [0.1, 0.15) is 0 Å². The predicted molar refractivity (Wildman–Crippen MR) is 89.6 cm³/mol. The normalized spacial score (nSPS) is 12.8. The van der Waals surface area contributed by atoms with Crippen molar-refractivity contribution in [1.29, 1.82) is 0 Å². The standard InChI is InChI=1S/C18H14N2S/c19-17(15-5-1-3-12-8-10-21-18(12)15)14-6-7-16-13(11-14)4-2-9-20-16/h1-11,17H,19H2. The molecule has 2 nitrogen and oxygen atoms in total. The summed E-state index contributed by atoms with van der Waals surface area (Å²) >= 11 is 1.75. The molecule has 2 N–H and O–H groups in total. The molecular weight excluding hydrogens is 276 g/mol. The van der Waals surface area contributed by atoms with E-state index >= 15 is 0 Å². The van der Waals surface area contributed by atoms with Crippen LogP contribution in [0.2, 0.25) is 0 Å². The molecule has 0 spiro atoms. The molecule has 21 heavy (non-hydrogen) atoms. The molecule has 0 fully saturated rings. The Kier molecular flexibility index (Phi) is 2.95. The predicted octanol–water partition coefficient (Wildman–Crippen LogP) is 4.50. The van der Waals surface area contributed by atoms with Gasteiger partial charge >= 0.3 is 0 Å². The fourth-order valence-corrected chi connectivity index (χ4v) is 3.68. The quantitative estimate of drug-likeness (QED) is 0.590. The van der Waals surface area contributed by atoms with Gasteiger partial charge in [0.25, 0.3) is 0 Å². The summed E-state index contributed by atoms with van der Waals surface area (Å²) < 4.78 is 1.27. The van der Waals surface area contributed by atoms with Crippen molar-refractivity contribution in [2.75, 3.05) is 0 Å². The highest BCUT2D eigenvalue weighted by atomic mass is 32.1. The first-order valence-corrected chi connectivity index (χ1v) is 7.77. The number of nitrogens with zero attached hydrogens (tertiary/aromatic N) is 1. The van der Waals surface area contributed by atoms with E-state index in [2.05, 4.69) is 52.8 Å². The van der Waals surface area contributed by atoms with Crippen molar-refractivity contribution in [3.63, 3.8) is 0 Å². The molecule has 0 bridgehead atoms. The number of aromatic nitrogens is 1. The molecular formula is C18H14N2S. The monoisotopic (exact) mass is 290 g/mol. The maximum atomic E-state index is 6.52. The zero-order valence-corrected chi connectivity index (χ0v) is 12.2. The van der Waals surface area contributed by atoms with E-state index in [4.69, 9.17) is 5.73 Å². The van der Waals surface area contributed by atoms with Crippen molar-refractivity contribution in [2.24, 2.45) is 5.73 Å². The highest BCUT2D eigenvalue weighted by Crippen LogP contribution is 2.31. The van der Waals surface area contributed by atoms with Gasteiger partial charge in [0.2, 0.25) is 0 Å². The van der Waals surface area contributed by atoms with E-state index in [9.17, 15) is 0 Å². The van der Waals surface area contributed by atoms with Gasteiger partial charge in [-0.25, -0.2) is 0 Å². The van der Waals surface area contributed by atoms with Crippen molar-refractivity contribution in [3.05, 3.63) is 77.3 Å². The second-order valence-electron chi connectivity index (χ2n) is 5.12. The molecule has 0 radical (unpaired) electrons. The van der Waals surface area contributed by atoms with Gasteiger partial charge < -0.3 is 5.73 Å². The first-order chi connectivity index (χ1) is 10.3. The number of fused-ring (bicyclic) bond motifs is 2. The molecule has 1 unspecified atom stereocenters. The molecule has 0 saturated carbocycles. The van der Waals surface area contributed by atoms with E-state index in [1.807, 2.05) is 18.3 Å². The summed E-state index contributed by atoms with van der Waals surface area (Å²) in [5, 5.41) is 4.50. The minimum atomic E-state index is -0.114. The maximum absolute atomic E-state index is 6.52. The molecule has 2 heterocycles. The SMILES string of the molecule is NC(c1ccc2ncccc2c1)c1cccc2ccsc12. The highest BCUT2D eigenvalue weighted by molar-refractivity contribution is 7.17. The van der Waals surface area contributed by atoms with E-state index in [0.717, 1.165) is 16.5 Å². The highest BCUT2D eigenvalue weighted by Gasteiger charge is 2.13. The Hall–Kier alpha value is -2.23. The van der Waals surface area contributed by atoms with Gasteiger partial charge in [0.15, 0.2) is 0 Å². The molecule has 0 aliphatic carbocycles. The van der Waals surface area contributed by atoms with Gasteiger partial charge in [-0.3, -0.25) is 4.98 Å². The van der Waals surface area contributed by atoms with Gasteiger partial charge in [-0.1, -0.05) is 30.3 Å². The summed E-state index contributed by atoms with van der Waals surface area (Å²) in [6, 6.07) is 18.6. The molecule has 2 aromatic carbocycles. The molecule has 1 atom stereocenters. The van der Waals surface area contributed by atoms with Crippen LogP contribution in [0.4, 0.5) is 0 Å². The molecule has 2 aromatic heterocycles. The lowest BCUT2D eigenvalue weighted by Crippen LogP contribution is -2.11. The molecule has 0 aliphatic heterocycles. The second kappa shape index (κ2) is 4.95.